The summed E-state index contributed by atoms with van der Waals surface area (Å²) in [6.45, 7) is 3.87. The molecule has 0 bridgehead atoms. The van der Waals surface area contributed by atoms with Gasteiger partial charge in [0.1, 0.15) is 16.3 Å². The molecule has 3 aromatic rings. The Morgan fingerprint density at radius 3 is 2.24 bits per heavy atom. The molecule has 0 spiro atoms. The molecule has 2 fully saturated rings. The summed E-state index contributed by atoms with van der Waals surface area (Å²) in [7, 11) is -1.77. The first-order chi connectivity index (χ1) is 18.2. The second-order valence-corrected chi connectivity index (χ2v) is 12.0. The van der Waals surface area contributed by atoms with Gasteiger partial charge in [-0.3, -0.25) is 0 Å². The average molecular weight is 538 g/mol. The molecule has 200 valence electrons. The number of hydrogen-bond donors (Lipinski definition) is 2. The average Bonchev–Trinajstić information content (AvgIpc) is 3.72. The van der Waals surface area contributed by atoms with Gasteiger partial charge in [-0.2, -0.15) is 0 Å². The fraction of sp³-hybridized carbons (Fsp3) is 0.370. The number of amides is 2. The van der Waals surface area contributed by atoms with E-state index in [0.717, 1.165) is 5.56 Å². The smallest absolute Gasteiger partial charge is 0.323 e. The second-order valence-electron chi connectivity index (χ2n) is 9.70. The number of anilines is 3. The number of nitrogens with zero attached hydrogens (tertiary/aromatic N) is 3. The summed E-state index contributed by atoms with van der Waals surface area (Å²) in [5.74, 6) is 1.84. The first-order valence-corrected chi connectivity index (χ1v) is 14.3. The number of sulfone groups is 1. The van der Waals surface area contributed by atoms with Crippen LogP contribution in [-0.2, 0) is 19.3 Å². The van der Waals surface area contributed by atoms with Gasteiger partial charge in [-0.15, -0.1) is 0 Å². The largest absolute Gasteiger partial charge is 0.497 e. The molecule has 1 saturated carbocycles. The fourth-order valence-corrected chi connectivity index (χ4v) is 5.94. The molecule has 2 amide bonds. The van der Waals surface area contributed by atoms with Crippen molar-refractivity contribution in [1.29, 1.82) is 0 Å². The van der Waals surface area contributed by atoms with E-state index in [0.29, 0.717) is 67.1 Å². The monoisotopic (exact) mass is 537 g/mol. The number of aromatic nitrogens is 2. The maximum Gasteiger partial charge on any atom is 0.323 e. The Morgan fingerprint density at radius 1 is 1.05 bits per heavy atom. The maximum absolute atomic E-state index is 12.7. The molecule has 1 atom stereocenters. The van der Waals surface area contributed by atoms with Crippen LogP contribution in [0.1, 0.15) is 25.5 Å². The van der Waals surface area contributed by atoms with E-state index in [1.807, 2.05) is 18.2 Å². The summed E-state index contributed by atoms with van der Waals surface area (Å²) in [4.78, 5) is 24.1. The van der Waals surface area contributed by atoms with Crippen molar-refractivity contribution >= 4 is 33.1 Å². The van der Waals surface area contributed by atoms with Crippen LogP contribution < -0.4 is 20.3 Å². The molecule has 11 heteroatoms. The summed E-state index contributed by atoms with van der Waals surface area (Å²) >= 11 is 0. The van der Waals surface area contributed by atoms with Gasteiger partial charge in [0.25, 0.3) is 0 Å². The number of urea groups is 1. The Hall–Kier alpha value is -3.70. The van der Waals surface area contributed by atoms with E-state index in [2.05, 4.69) is 22.5 Å². The lowest BCUT2D eigenvalue weighted by molar-refractivity contribution is 0.0985. The number of benzene rings is 2. The lowest BCUT2D eigenvalue weighted by Gasteiger charge is -2.34. The molecule has 2 aliphatic rings. The van der Waals surface area contributed by atoms with Crippen LogP contribution in [0.5, 0.6) is 5.75 Å². The SMILES string of the molecule is COc1ccc(NC(=O)Nc2ccc(-c3nc(N4CCOC[C@@H]4C)cc(C4(S(C)(=O)=O)CC4)n3)cc2)cc1. The molecule has 1 aliphatic carbocycles. The van der Waals surface area contributed by atoms with Crippen molar-refractivity contribution in [2.45, 2.75) is 30.6 Å². The molecule has 38 heavy (non-hydrogen) atoms. The highest BCUT2D eigenvalue weighted by molar-refractivity contribution is 7.91. The maximum atomic E-state index is 12.7. The molecule has 10 nitrogen and oxygen atoms in total. The molecular weight excluding hydrogens is 506 g/mol. The Labute approximate surface area is 222 Å². The van der Waals surface area contributed by atoms with Crippen molar-refractivity contribution in [2.24, 2.45) is 0 Å². The van der Waals surface area contributed by atoms with Crippen molar-refractivity contribution in [3.63, 3.8) is 0 Å². The quantitative estimate of drug-likeness (QED) is 0.463. The lowest BCUT2D eigenvalue weighted by Crippen LogP contribution is -2.44. The van der Waals surface area contributed by atoms with Crippen LogP contribution >= 0.6 is 0 Å². The predicted octanol–water partition coefficient (Wildman–Crippen LogP) is 4.06. The van der Waals surface area contributed by atoms with Gasteiger partial charge in [0.15, 0.2) is 15.7 Å². The normalized spacial score (nSPS) is 18.5. The minimum Gasteiger partial charge on any atom is -0.497 e. The molecule has 2 heterocycles. The zero-order valence-corrected chi connectivity index (χ0v) is 22.4. The Bertz CT molecular complexity index is 1420. The minimum absolute atomic E-state index is 0.100. The summed E-state index contributed by atoms with van der Waals surface area (Å²) < 4.78 is 35.1. The van der Waals surface area contributed by atoms with Gasteiger partial charge in [0.05, 0.1) is 32.1 Å². The van der Waals surface area contributed by atoms with Crippen molar-refractivity contribution in [3.05, 3.63) is 60.3 Å². The highest BCUT2D eigenvalue weighted by atomic mass is 32.2. The van der Waals surface area contributed by atoms with E-state index in [-0.39, 0.29) is 12.1 Å². The highest BCUT2D eigenvalue weighted by Gasteiger charge is 2.55. The number of morpholine rings is 1. The van der Waals surface area contributed by atoms with E-state index < -0.39 is 14.6 Å². The number of ether oxygens (including phenoxy) is 2. The fourth-order valence-electron chi connectivity index (χ4n) is 4.61. The molecule has 1 aliphatic heterocycles. The summed E-state index contributed by atoms with van der Waals surface area (Å²) in [6.07, 6.45) is 2.37. The molecular formula is C27H31N5O5S. The van der Waals surface area contributed by atoms with Crippen LogP contribution in [0, 0.1) is 0 Å². The van der Waals surface area contributed by atoms with E-state index >= 15 is 0 Å². The Kier molecular flexibility index (Phi) is 6.97. The highest BCUT2D eigenvalue weighted by Crippen LogP contribution is 2.52. The number of methoxy groups -OCH3 is 1. The number of rotatable bonds is 7. The third-order valence-electron chi connectivity index (χ3n) is 7.00. The zero-order valence-electron chi connectivity index (χ0n) is 21.6. The van der Waals surface area contributed by atoms with Crippen molar-refractivity contribution in [3.8, 4) is 17.1 Å². The minimum atomic E-state index is -3.35. The van der Waals surface area contributed by atoms with Crippen LogP contribution in [0.4, 0.5) is 22.0 Å². The van der Waals surface area contributed by atoms with E-state index in [4.69, 9.17) is 19.4 Å². The van der Waals surface area contributed by atoms with Gasteiger partial charge < -0.3 is 25.0 Å². The third kappa shape index (κ3) is 5.30. The van der Waals surface area contributed by atoms with Crippen LogP contribution in [0.15, 0.2) is 54.6 Å². The third-order valence-corrected chi connectivity index (χ3v) is 9.04. The second kappa shape index (κ2) is 10.2. The van der Waals surface area contributed by atoms with Gasteiger partial charge in [-0.25, -0.2) is 23.2 Å². The van der Waals surface area contributed by atoms with Crippen LogP contribution in [0.25, 0.3) is 11.4 Å². The van der Waals surface area contributed by atoms with Gasteiger partial charge in [0.2, 0.25) is 0 Å². The molecule has 1 aromatic heterocycles. The van der Waals surface area contributed by atoms with Crippen LogP contribution in [0.2, 0.25) is 0 Å². The van der Waals surface area contributed by atoms with E-state index in [1.54, 1.807) is 43.5 Å². The van der Waals surface area contributed by atoms with E-state index in [1.165, 1.54) is 6.26 Å². The number of carbonyl (C=O) groups is 1. The zero-order chi connectivity index (χ0) is 26.9. The van der Waals surface area contributed by atoms with Crippen LogP contribution in [0.3, 0.4) is 0 Å². The molecule has 2 N–H and O–H groups in total. The Balaban J connectivity index is 1.39. The van der Waals surface area contributed by atoms with Gasteiger partial charge in [0, 0.05) is 35.8 Å². The molecule has 0 unspecified atom stereocenters. The first-order valence-electron chi connectivity index (χ1n) is 12.4. The topological polar surface area (TPSA) is 123 Å². The van der Waals surface area contributed by atoms with Crippen molar-refractivity contribution in [1.82, 2.24) is 9.97 Å². The van der Waals surface area contributed by atoms with Crippen molar-refractivity contribution in [2.75, 3.05) is 48.7 Å². The lowest BCUT2D eigenvalue weighted by atomic mass is 10.1. The number of nitrogens with one attached hydrogen (secondary N) is 2. The van der Waals surface area contributed by atoms with E-state index in [9.17, 15) is 13.2 Å². The summed E-state index contributed by atoms with van der Waals surface area (Å²) in [5, 5.41) is 5.59. The predicted molar refractivity (Wildman–Crippen MR) is 146 cm³/mol. The standard InChI is InChI=1S/C27H31N5O5S/c1-18-17-37-15-14-32(18)24-16-23(27(12-13-27)38(3,34)35)30-25(31-24)19-4-6-20(7-5-19)28-26(33)29-21-8-10-22(36-2)11-9-21/h4-11,16,18H,12-15,17H2,1-3H3,(H2,28,29,33)/t18-/m0/s1. The Morgan fingerprint density at radius 2 is 1.68 bits per heavy atom. The number of hydrogen-bond acceptors (Lipinski definition) is 8. The molecule has 1 saturated heterocycles. The van der Waals surface area contributed by atoms with Gasteiger partial charge in [-0.05, 0) is 68.3 Å². The van der Waals surface area contributed by atoms with Gasteiger partial charge in [-0.1, -0.05) is 0 Å². The molecule has 2 aromatic carbocycles. The molecule has 5 rings (SSSR count). The number of carbonyl (C=O) groups excluding carboxylic acids is 1. The van der Waals surface area contributed by atoms with Crippen molar-refractivity contribution < 1.29 is 22.7 Å². The summed E-state index contributed by atoms with van der Waals surface area (Å²) in [6, 6.07) is 15.7. The first kappa shape index (κ1) is 25.9. The molecule has 0 radical (unpaired) electrons. The summed E-state index contributed by atoms with van der Waals surface area (Å²) in [5.41, 5.74) is 2.47. The van der Waals surface area contributed by atoms with Gasteiger partial charge >= 0.3 is 6.03 Å². The van der Waals surface area contributed by atoms with Crippen LogP contribution in [-0.4, -0.2) is 63.6 Å².